The van der Waals surface area contributed by atoms with E-state index in [1.165, 1.54) is 5.56 Å². The molecule has 0 bridgehead atoms. The van der Waals surface area contributed by atoms with Gasteiger partial charge in [0.25, 0.3) is 0 Å². The van der Waals surface area contributed by atoms with Crippen molar-refractivity contribution >= 4 is 21.8 Å². The second-order valence-electron chi connectivity index (χ2n) is 3.92. The Morgan fingerprint density at radius 1 is 1.35 bits per heavy atom. The molecule has 0 radical (unpaired) electrons. The highest BCUT2D eigenvalue weighted by molar-refractivity contribution is 7.98. The Morgan fingerprint density at radius 2 is 2.12 bits per heavy atom. The molecule has 0 saturated heterocycles. The summed E-state index contributed by atoms with van der Waals surface area (Å²) in [6, 6.07) is 5.32. The number of fused-ring (bicyclic) bond motifs is 1. The second kappa shape index (κ2) is 5.39. The molecule has 1 aliphatic rings. The van der Waals surface area contributed by atoms with Gasteiger partial charge in [-0.1, -0.05) is 6.07 Å². The molecule has 1 aromatic carbocycles. The van der Waals surface area contributed by atoms with Crippen molar-refractivity contribution in [2.75, 3.05) is 18.6 Å². The van der Waals surface area contributed by atoms with Gasteiger partial charge in [-0.15, -0.1) is 0 Å². The van der Waals surface area contributed by atoms with E-state index in [0.717, 1.165) is 24.4 Å². The van der Waals surface area contributed by atoms with Gasteiger partial charge in [0.15, 0.2) is 0 Å². The molecule has 0 aliphatic carbocycles. The Balaban J connectivity index is 2.16. The van der Waals surface area contributed by atoms with Crippen LogP contribution in [0, 0.1) is 0 Å². The number of thioether (sulfide) groups is 1. The molecule has 2 N–H and O–H groups in total. The highest BCUT2D eigenvalue weighted by Gasteiger charge is 2.17. The van der Waals surface area contributed by atoms with Crippen molar-refractivity contribution < 1.29 is 8.42 Å². The molecular formula is C11H16N2O2S2. The number of benzene rings is 1. The lowest BCUT2D eigenvalue weighted by atomic mass is 10.1. The Bertz CT molecular complexity index is 500. The lowest BCUT2D eigenvalue weighted by molar-refractivity contribution is 0.584. The van der Waals surface area contributed by atoms with Crippen molar-refractivity contribution in [1.82, 2.24) is 10.0 Å². The lowest BCUT2D eigenvalue weighted by Gasteiger charge is -2.07. The summed E-state index contributed by atoms with van der Waals surface area (Å²) >= 11 is 1.62. The first-order valence-electron chi connectivity index (χ1n) is 5.44. The Labute approximate surface area is 106 Å². The van der Waals surface area contributed by atoms with Crippen LogP contribution in [0.3, 0.4) is 0 Å². The van der Waals surface area contributed by atoms with Gasteiger partial charge in [-0.3, -0.25) is 0 Å². The van der Waals surface area contributed by atoms with Gasteiger partial charge in [-0.2, -0.15) is 11.8 Å². The highest BCUT2D eigenvalue weighted by atomic mass is 32.2. The van der Waals surface area contributed by atoms with Gasteiger partial charge < -0.3 is 5.32 Å². The van der Waals surface area contributed by atoms with Gasteiger partial charge >= 0.3 is 0 Å². The molecule has 4 nitrogen and oxygen atoms in total. The molecule has 0 spiro atoms. The van der Waals surface area contributed by atoms with Crippen LogP contribution in [0.25, 0.3) is 0 Å². The van der Waals surface area contributed by atoms with Crippen molar-refractivity contribution in [3.8, 4) is 0 Å². The normalized spacial score (nSPS) is 14.9. The fourth-order valence-electron chi connectivity index (χ4n) is 1.80. The second-order valence-corrected chi connectivity index (χ2v) is 6.68. The molecule has 2 rings (SSSR count). The smallest absolute Gasteiger partial charge is 0.240 e. The molecule has 0 amide bonds. The number of rotatable bonds is 5. The molecule has 1 aromatic rings. The summed E-state index contributed by atoms with van der Waals surface area (Å²) in [5.74, 6) is 0.783. The van der Waals surface area contributed by atoms with Crippen LogP contribution in [0.4, 0.5) is 0 Å². The zero-order chi connectivity index (χ0) is 12.3. The van der Waals surface area contributed by atoms with Gasteiger partial charge in [0.05, 0.1) is 4.90 Å². The van der Waals surface area contributed by atoms with Gasteiger partial charge in [0, 0.05) is 25.4 Å². The molecule has 0 aromatic heterocycles. The van der Waals surface area contributed by atoms with Gasteiger partial charge in [0.1, 0.15) is 0 Å². The van der Waals surface area contributed by atoms with Crippen LogP contribution in [0.1, 0.15) is 11.1 Å². The van der Waals surface area contributed by atoms with Crippen LogP contribution in [0.2, 0.25) is 0 Å². The van der Waals surface area contributed by atoms with E-state index in [1.54, 1.807) is 23.9 Å². The van der Waals surface area contributed by atoms with Crippen LogP contribution in [0.5, 0.6) is 0 Å². The number of nitrogens with one attached hydrogen (secondary N) is 2. The van der Waals surface area contributed by atoms with Crippen LogP contribution in [-0.4, -0.2) is 27.0 Å². The maximum atomic E-state index is 12.0. The molecule has 1 aliphatic heterocycles. The highest BCUT2D eigenvalue weighted by Crippen LogP contribution is 2.19. The number of hydrogen-bond acceptors (Lipinski definition) is 4. The maximum Gasteiger partial charge on any atom is 0.240 e. The summed E-state index contributed by atoms with van der Waals surface area (Å²) in [6.45, 7) is 2.05. The standard InChI is InChI=1S/C11H16N2O2S2/c1-16-5-4-13-17(14,15)11-3-2-9-7-12-8-10(9)6-11/h2-3,6,12-13H,4-5,7-8H2,1H3. The fraction of sp³-hybridized carbons (Fsp3) is 0.455. The third-order valence-corrected chi connectivity index (χ3v) is 4.79. The van der Waals surface area contributed by atoms with Gasteiger partial charge in [-0.25, -0.2) is 13.1 Å². The third-order valence-electron chi connectivity index (χ3n) is 2.72. The van der Waals surface area contributed by atoms with E-state index in [0.29, 0.717) is 11.4 Å². The first-order valence-corrected chi connectivity index (χ1v) is 8.32. The summed E-state index contributed by atoms with van der Waals surface area (Å²) in [6.07, 6.45) is 1.95. The van der Waals surface area contributed by atoms with E-state index in [2.05, 4.69) is 10.0 Å². The van der Waals surface area contributed by atoms with E-state index in [1.807, 2.05) is 12.3 Å². The number of hydrogen-bond donors (Lipinski definition) is 2. The van der Waals surface area contributed by atoms with Crippen LogP contribution >= 0.6 is 11.8 Å². The van der Waals surface area contributed by atoms with Crippen molar-refractivity contribution in [1.29, 1.82) is 0 Å². The zero-order valence-electron chi connectivity index (χ0n) is 9.69. The maximum absolute atomic E-state index is 12.0. The predicted molar refractivity (Wildman–Crippen MR) is 70.6 cm³/mol. The van der Waals surface area contributed by atoms with E-state index < -0.39 is 10.0 Å². The van der Waals surface area contributed by atoms with E-state index in [9.17, 15) is 8.42 Å². The topological polar surface area (TPSA) is 58.2 Å². The predicted octanol–water partition coefficient (Wildman–Crippen LogP) is 0.931. The molecule has 94 valence electrons. The average Bonchev–Trinajstić information content (AvgIpc) is 2.76. The lowest BCUT2D eigenvalue weighted by Crippen LogP contribution is -2.26. The van der Waals surface area contributed by atoms with Crippen molar-refractivity contribution in [3.05, 3.63) is 29.3 Å². The molecule has 6 heteroatoms. The quantitative estimate of drug-likeness (QED) is 0.783. The summed E-state index contributed by atoms with van der Waals surface area (Å²) in [4.78, 5) is 0.362. The summed E-state index contributed by atoms with van der Waals surface area (Å²) < 4.78 is 26.5. The van der Waals surface area contributed by atoms with Crippen LogP contribution in [0.15, 0.2) is 23.1 Å². The number of sulfonamides is 1. The summed E-state index contributed by atoms with van der Waals surface area (Å²) in [7, 11) is -3.35. The SMILES string of the molecule is CSCCNS(=O)(=O)c1ccc2c(c1)CNC2. The molecule has 0 unspecified atom stereocenters. The van der Waals surface area contributed by atoms with Gasteiger partial charge in [-0.05, 0) is 29.5 Å². The monoisotopic (exact) mass is 272 g/mol. The van der Waals surface area contributed by atoms with Crippen LogP contribution < -0.4 is 10.0 Å². The van der Waals surface area contributed by atoms with E-state index in [-0.39, 0.29) is 0 Å². The molecule has 1 heterocycles. The van der Waals surface area contributed by atoms with Gasteiger partial charge in [0.2, 0.25) is 10.0 Å². The van der Waals surface area contributed by atoms with E-state index in [4.69, 9.17) is 0 Å². The Morgan fingerprint density at radius 3 is 2.88 bits per heavy atom. The van der Waals surface area contributed by atoms with Crippen molar-refractivity contribution in [2.45, 2.75) is 18.0 Å². The molecule has 0 fully saturated rings. The minimum atomic E-state index is -3.35. The summed E-state index contributed by atoms with van der Waals surface area (Å²) in [5.41, 5.74) is 2.27. The Kier molecular flexibility index (Phi) is 4.09. The molecular weight excluding hydrogens is 256 g/mol. The Hall–Kier alpha value is -0.560. The van der Waals surface area contributed by atoms with Crippen molar-refractivity contribution in [2.24, 2.45) is 0 Å². The summed E-state index contributed by atoms with van der Waals surface area (Å²) in [5, 5.41) is 3.20. The van der Waals surface area contributed by atoms with Crippen LogP contribution in [-0.2, 0) is 23.1 Å². The minimum Gasteiger partial charge on any atom is -0.309 e. The molecule has 0 saturated carbocycles. The zero-order valence-corrected chi connectivity index (χ0v) is 11.3. The third kappa shape index (κ3) is 3.01. The molecule has 0 atom stereocenters. The molecule has 17 heavy (non-hydrogen) atoms. The minimum absolute atomic E-state index is 0.362. The van der Waals surface area contributed by atoms with Crippen molar-refractivity contribution in [3.63, 3.8) is 0 Å². The first-order chi connectivity index (χ1) is 8.13. The van der Waals surface area contributed by atoms with E-state index >= 15 is 0 Å². The average molecular weight is 272 g/mol. The largest absolute Gasteiger partial charge is 0.309 e. The fourth-order valence-corrected chi connectivity index (χ4v) is 3.32. The first kappa shape index (κ1) is 12.9.